The number of nitrogens with one attached hydrogen (secondary N) is 2. The van der Waals surface area contributed by atoms with Crippen LogP contribution in [0.4, 0.5) is 5.69 Å². The maximum Gasteiger partial charge on any atom is 0.255 e. The number of amides is 1. The average molecular weight is 456 g/mol. The average Bonchev–Trinajstić information content (AvgIpc) is 2.89. The highest BCUT2D eigenvalue weighted by Crippen LogP contribution is 2.35. The van der Waals surface area contributed by atoms with Crippen LogP contribution in [0.25, 0.3) is 5.70 Å². The molecule has 0 bridgehead atoms. The molecule has 6 heteroatoms. The highest BCUT2D eigenvalue weighted by molar-refractivity contribution is 6.09. The standard InChI is InChI=1S/C28H29N3O3/c1-4-28(5-2)18-21-8-11-23(34-3)16-24(21)25(31-28)17-26(32)19-6-9-22(10-7-19)30-27(33)20-12-14-29-15-13-20/h6-17,31H,4-5,18H2,1-3H3,(H,30,33). The Morgan fingerprint density at radius 2 is 1.74 bits per heavy atom. The van der Waals surface area contributed by atoms with E-state index in [0.717, 1.165) is 36.3 Å². The summed E-state index contributed by atoms with van der Waals surface area (Å²) in [6, 6.07) is 16.3. The van der Waals surface area contributed by atoms with E-state index in [4.69, 9.17) is 4.74 Å². The van der Waals surface area contributed by atoms with Gasteiger partial charge in [0.15, 0.2) is 5.78 Å². The zero-order valence-corrected chi connectivity index (χ0v) is 19.7. The summed E-state index contributed by atoms with van der Waals surface area (Å²) in [4.78, 5) is 29.4. The van der Waals surface area contributed by atoms with Gasteiger partial charge in [0.2, 0.25) is 0 Å². The minimum absolute atomic E-state index is 0.0885. The summed E-state index contributed by atoms with van der Waals surface area (Å²) in [6.07, 6.45) is 7.61. The molecule has 1 aliphatic heterocycles. The van der Waals surface area contributed by atoms with Crippen molar-refractivity contribution in [3.63, 3.8) is 0 Å². The number of benzene rings is 2. The lowest BCUT2D eigenvalue weighted by molar-refractivity contribution is 0.102. The second-order valence-electron chi connectivity index (χ2n) is 8.50. The highest BCUT2D eigenvalue weighted by Gasteiger charge is 2.33. The maximum absolute atomic E-state index is 13.2. The van der Waals surface area contributed by atoms with Gasteiger partial charge in [0.1, 0.15) is 5.75 Å². The van der Waals surface area contributed by atoms with Crippen LogP contribution in [0.1, 0.15) is 58.5 Å². The third-order valence-corrected chi connectivity index (χ3v) is 6.53. The number of hydrogen-bond acceptors (Lipinski definition) is 5. The van der Waals surface area contributed by atoms with Crippen LogP contribution in [0.3, 0.4) is 0 Å². The quantitative estimate of drug-likeness (QED) is 0.375. The van der Waals surface area contributed by atoms with E-state index in [0.29, 0.717) is 16.8 Å². The molecule has 1 aliphatic rings. The molecular weight excluding hydrogens is 426 g/mol. The molecule has 174 valence electrons. The monoisotopic (exact) mass is 455 g/mol. The molecule has 2 N–H and O–H groups in total. The number of methoxy groups -OCH3 is 1. The van der Waals surface area contributed by atoms with Crippen molar-refractivity contribution < 1.29 is 14.3 Å². The molecule has 0 saturated heterocycles. The van der Waals surface area contributed by atoms with E-state index >= 15 is 0 Å². The number of pyridine rings is 1. The number of carbonyl (C=O) groups is 2. The largest absolute Gasteiger partial charge is 0.497 e. The number of aromatic nitrogens is 1. The van der Waals surface area contributed by atoms with Crippen molar-refractivity contribution in [1.29, 1.82) is 0 Å². The third kappa shape index (κ3) is 4.86. The Labute approximate surface area is 200 Å². The lowest BCUT2D eigenvalue weighted by Gasteiger charge is -2.40. The topological polar surface area (TPSA) is 80.3 Å². The van der Waals surface area contributed by atoms with Crippen LogP contribution in [0.5, 0.6) is 5.75 Å². The zero-order chi connectivity index (χ0) is 24.1. The zero-order valence-electron chi connectivity index (χ0n) is 19.7. The van der Waals surface area contributed by atoms with Crippen molar-refractivity contribution in [3.8, 4) is 5.75 Å². The Bertz CT molecular complexity index is 1210. The third-order valence-electron chi connectivity index (χ3n) is 6.53. The first kappa shape index (κ1) is 23.2. The van der Waals surface area contributed by atoms with Crippen molar-refractivity contribution in [2.75, 3.05) is 12.4 Å². The molecule has 2 aromatic carbocycles. The van der Waals surface area contributed by atoms with E-state index in [1.54, 1.807) is 62.0 Å². The van der Waals surface area contributed by atoms with Crippen molar-refractivity contribution in [2.45, 2.75) is 38.6 Å². The first-order chi connectivity index (χ1) is 16.5. The van der Waals surface area contributed by atoms with Gasteiger partial charge in [-0.1, -0.05) is 19.9 Å². The van der Waals surface area contributed by atoms with Gasteiger partial charge in [-0.15, -0.1) is 0 Å². The molecule has 0 unspecified atom stereocenters. The van der Waals surface area contributed by atoms with E-state index in [1.807, 2.05) is 12.1 Å². The summed E-state index contributed by atoms with van der Waals surface area (Å²) in [5.41, 5.74) is 4.60. The van der Waals surface area contributed by atoms with Gasteiger partial charge in [-0.25, -0.2) is 0 Å². The minimum Gasteiger partial charge on any atom is -0.497 e. The molecule has 0 spiro atoms. The Morgan fingerprint density at radius 1 is 1.03 bits per heavy atom. The Balaban J connectivity index is 1.58. The van der Waals surface area contributed by atoms with Crippen LogP contribution in [0.15, 0.2) is 73.1 Å². The van der Waals surface area contributed by atoms with Crippen molar-refractivity contribution >= 4 is 23.1 Å². The minimum atomic E-state index is -0.226. The molecule has 1 amide bonds. The number of rotatable bonds is 7. The number of ether oxygens (including phenoxy) is 1. The molecule has 1 aromatic heterocycles. The predicted molar refractivity (Wildman–Crippen MR) is 134 cm³/mol. The summed E-state index contributed by atoms with van der Waals surface area (Å²) >= 11 is 0. The predicted octanol–water partition coefficient (Wildman–Crippen LogP) is 5.27. The number of hydrogen-bond donors (Lipinski definition) is 2. The van der Waals surface area contributed by atoms with E-state index in [2.05, 4.69) is 35.5 Å². The van der Waals surface area contributed by atoms with Gasteiger partial charge in [-0.2, -0.15) is 0 Å². The first-order valence-electron chi connectivity index (χ1n) is 11.5. The van der Waals surface area contributed by atoms with Gasteiger partial charge in [0.05, 0.1) is 7.11 Å². The van der Waals surface area contributed by atoms with Crippen LogP contribution in [0, 0.1) is 0 Å². The van der Waals surface area contributed by atoms with Crippen LogP contribution in [-0.4, -0.2) is 29.3 Å². The van der Waals surface area contributed by atoms with Crippen LogP contribution in [0.2, 0.25) is 0 Å². The van der Waals surface area contributed by atoms with Gasteiger partial charge in [-0.3, -0.25) is 14.6 Å². The first-order valence-corrected chi connectivity index (χ1v) is 11.5. The van der Waals surface area contributed by atoms with E-state index < -0.39 is 0 Å². The summed E-state index contributed by atoms with van der Waals surface area (Å²) in [5, 5.41) is 6.49. The van der Waals surface area contributed by atoms with Gasteiger partial charge in [-0.05, 0) is 73.4 Å². The van der Waals surface area contributed by atoms with Crippen LogP contribution >= 0.6 is 0 Å². The SMILES string of the molecule is CCC1(CC)Cc2ccc(OC)cc2C(=CC(=O)c2ccc(NC(=O)c3ccncc3)cc2)N1. The molecule has 0 aliphatic carbocycles. The summed E-state index contributed by atoms with van der Waals surface area (Å²) in [5.74, 6) is 0.427. The summed E-state index contributed by atoms with van der Waals surface area (Å²) in [7, 11) is 1.64. The number of anilines is 1. The van der Waals surface area contributed by atoms with Crippen molar-refractivity contribution in [1.82, 2.24) is 10.3 Å². The molecule has 2 heterocycles. The number of allylic oxidation sites excluding steroid dienone is 1. The number of carbonyl (C=O) groups excluding carboxylic acids is 2. The van der Waals surface area contributed by atoms with Crippen molar-refractivity contribution in [3.05, 3.63) is 95.3 Å². The smallest absolute Gasteiger partial charge is 0.255 e. The second kappa shape index (κ2) is 9.91. The molecule has 0 radical (unpaired) electrons. The van der Waals surface area contributed by atoms with Gasteiger partial charge in [0.25, 0.3) is 5.91 Å². The fourth-order valence-corrected chi connectivity index (χ4v) is 4.28. The molecule has 0 saturated carbocycles. The van der Waals surface area contributed by atoms with Crippen LogP contribution in [-0.2, 0) is 6.42 Å². The number of ketones is 1. The molecule has 34 heavy (non-hydrogen) atoms. The van der Waals surface area contributed by atoms with Crippen molar-refractivity contribution in [2.24, 2.45) is 0 Å². The fourth-order valence-electron chi connectivity index (χ4n) is 4.28. The fraction of sp³-hybridized carbons (Fsp3) is 0.250. The lowest BCUT2D eigenvalue weighted by Crippen LogP contribution is -2.48. The molecule has 3 aromatic rings. The molecule has 0 fully saturated rings. The maximum atomic E-state index is 13.2. The Morgan fingerprint density at radius 3 is 2.38 bits per heavy atom. The summed E-state index contributed by atoms with van der Waals surface area (Å²) < 4.78 is 5.42. The molecule has 4 rings (SSSR count). The summed E-state index contributed by atoms with van der Waals surface area (Å²) in [6.45, 7) is 4.34. The number of fused-ring (bicyclic) bond motifs is 1. The normalized spacial score (nSPS) is 15.2. The lowest BCUT2D eigenvalue weighted by atomic mass is 9.79. The Kier molecular flexibility index (Phi) is 6.77. The molecule has 0 atom stereocenters. The number of nitrogens with zero attached hydrogens (tertiary/aromatic N) is 1. The van der Waals surface area contributed by atoms with E-state index in [1.165, 1.54) is 5.56 Å². The molecular formula is C28H29N3O3. The Hall–Kier alpha value is -3.93. The van der Waals surface area contributed by atoms with Gasteiger partial charge in [0, 0.05) is 52.1 Å². The van der Waals surface area contributed by atoms with E-state index in [-0.39, 0.29) is 17.2 Å². The second-order valence-corrected chi connectivity index (χ2v) is 8.50. The van der Waals surface area contributed by atoms with Gasteiger partial charge >= 0.3 is 0 Å². The van der Waals surface area contributed by atoms with E-state index in [9.17, 15) is 9.59 Å². The molecule has 6 nitrogen and oxygen atoms in total. The highest BCUT2D eigenvalue weighted by atomic mass is 16.5. The van der Waals surface area contributed by atoms with Gasteiger partial charge < -0.3 is 15.4 Å². The van der Waals surface area contributed by atoms with Crippen LogP contribution < -0.4 is 15.4 Å².